The summed E-state index contributed by atoms with van der Waals surface area (Å²) in [4.78, 5) is 0. The molecule has 2 rings (SSSR count). The van der Waals surface area contributed by atoms with Crippen LogP contribution in [-0.2, 0) is 6.42 Å². The van der Waals surface area contributed by atoms with Crippen molar-refractivity contribution in [1.29, 1.82) is 0 Å². The van der Waals surface area contributed by atoms with Crippen LogP contribution in [0.5, 0.6) is 0 Å². The molecule has 0 aliphatic rings. The molecule has 0 saturated carbocycles. The molecule has 0 saturated heterocycles. The number of rotatable bonds is 5. The molecule has 1 nitrogen and oxygen atoms in total. The zero-order chi connectivity index (χ0) is 14.5. The summed E-state index contributed by atoms with van der Waals surface area (Å²) in [6.45, 7) is 2.88. The van der Waals surface area contributed by atoms with Gasteiger partial charge in [0.15, 0.2) is 0 Å². The first-order valence-corrected chi connectivity index (χ1v) is 7.70. The van der Waals surface area contributed by atoms with Gasteiger partial charge >= 0.3 is 0 Å². The summed E-state index contributed by atoms with van der Waals surface area (Å²) in [5.74, 6) is -0.308. The zero-order valence-corrected chi connectivity index (χ0v) is 13.5. The molecule has 1 atom stereocenters. The normalized spacial score (nSPS) is 12.4. The number of benzene rings is 2. The van der Waals surface area contributed by atoms with Crippen LogP contribution in [0.15, 0.2) is 46.9 Å². The Kier molecular flexibility index (Phi) is 5.58. The fraction of sp³-hybridized carbons (Fsp3) is 0.250. The smallest absolute Gasteiger partial charge is 0.124 e. The standard InChI is InChI=1S/C16H16BrClFN/c1-2-20-16(9-11-3-5-12(17)6-4-11)14-8-7-13(19)10-15(14)18/h3-8,10,16,20H,2,9H2,1H3. The second-order valence-corrected chi connectivity index (χ2v) is 5.93. The summed E-state index contributed by atoms with van der Waals surface area (Å²) in [6, 6.07) is 12.8. The predicted molar refractivity (Wildman–Crippen MR) is 85.7 cm³/mol. The third kappa shape index (κ3) is 4.05. The maximum absolute atomic E-state index is 13.2. The molecule has 0 fully saturated rings. The van der Waals surface area contributed by atoms with Gasteiger partial charge in [0.2, 0.25) is 0 Å². The van der Waals surface area contributed by atoms with E-state index in [1.54, 1.807) is 6.07 Å². The Balaban J connectivity index is 2.24. The van der Waals surface area contributed by atoms with Crippen molar-refractivity contribution in [3.63, 3.8) is 0 Å². The first-order chi connectivity index (χ1) is 9.60. The van der Waals surface area contributed by atoms with Gasteiger partial charge in [-0.15, -0.1) is 0 Å². The van der Waals surface area contributed by atoms with E-state index in [0.29, 0.717) is 5.02 Å². The highest BCUT2D eigenvalue weighted by molar-refractivity contribution is 9.10. The average Bonchev–Trinajstić information content (AvgIpc) is 2.41. The Bertz CT molecular complexity index is 571. The van der Waals surface area contributed by atoms with Gasteiger partial charge < -0.3 is 5.32 Å². The van der Waals surface area contributed by atoms with Crippen molar-refractivity contribution in [2.24, 2.45) is 0 Å². The van der Waals surface area contributed by atoms with E-state index in [4.69, 9.17) is 11.6 Å². The van der Waals surface area contributed by atoms with Crippen molar-refractivity contribution >= 4 is 27.5 Å². The minimum atomic E-state index is -0.308. The largest absolute Gasteiger partial charge is 0.310 e. The van der Waals surface area contributed by atoms with Gasteiger partial charge in [0.05, 0.1) is 0 Å². The Morgan fingerprint density at radius 3 is 2.50 bits per heavy atom. The van der Waals surface area contributed by atoms with E-state index in [9.17, 15) is 4.39 Å². The van der Waals surface area contributed by atoms with Crippen molar-refractivity contribution in [3.8, 4) is 0 Å². The van der Waals surface area contributed by atoms with E-state index in [1.807, 2.05) is 19.1 Å². The van der Waals surface area contributed by atoms with Crippen LogP contribution in [-0.4, -0.2) is 6.54 Å². The lowest BCUT2D eigenvalue weighted by atomic mass is 9.98. The highest BCUT2D eigenvalue weighted by Crippen LogP contribution is 2.27. The van der Waals surface area contributed by atoms with Crippen LogP contribution in [0.4, 0.5) is 4.39 Å². The summed E-state index contributed by atoms with van der Waals surface area (Å²) in [5.41, 5.74) is 2.14. The maximum atomic E-state index is 13.2. The summed E-state index contributed by atoms with van der Waals surface area (Å²) in [6.07, 6.45) is 0.812. The quantitative estimate of drug-likeness (QED) is 0.782. The average molecular weight is 357 g/mol. The van der Waals surface area contributed by atoms with Crippen molar-refractivity contribution in [1.82, 2.24) is 5.32 Å². The fourth-order valence-electron chi connectivity index (χ4n) is 2.18. The molecule has 0 spiro atoms. The van der Waals surface area contributed by atoms with E-state index in [-0.39, 0.29) is 11.9 Å². The van der Waals surface area contributed by atoms with E-state index in [2.05, 4.69) is 33.4 Å². The molecule has 0 heterocycles. The highest BCUT2D eigenvalue weighted by atomic mass is 79.9. The third-order valence-corrected chi connectivity index (χ3v) is 4.00. The van der Waals surface area contributed by atoms with Gasteiger partial charge in [-0.3, -0.25) is 0 Å². The summed E-state index contributed by atoms with van der Waals surface area (Å²) < 4.78 is 14.2. The van der Waals surface area contributed by atoms with E-state index in [0.717, 1.165) is 23.0 Å². The molecule has 20 heavy (non-hydrogen) atoms. The number of nitrogens with one attached hydrogen (secondary N) is 1. The summed E-state index contributed by atoms with van der Waals surface area (Å²) >= 11 is 9.59. The van der Waals surface area contributed by atoms with Crippen LogP contribution in [0.25, 0.3) is 0 Å². The molecule has 1 unspecified atom stereocenters. The molecule has 0 aliphatic carbocycles. The van der Waals surface area contributed by atoms with Gasteiger partial charge in [-0.05, 0) is 48.4 Å². The number of halogens is 3. The topological polar surface area (TPSA) is 12.0 Å². The molecular weight excluding hydrogens is 341 g/mol. The molecular formula is C16H16BrClFN. The van der Waals surface area contributed by atoms with Crippen LogP contribution < -0.4 is 5.32 Å². The lowest BCUT2D eigenvalue weighted by molar-refractivity contribution is 0.547. The second-order valence-electron chi connectivity index (χ2n) is 4.61. The lowest BCUT2D eigenvalue weighted by Gasteiger charge is -2.20. The Morgan fingerprint density at radius 2 is 1.90 bits per heavy atom. The molecule has 2 aromatic carbocycles. The Hall–Kier alpha value is -0.900. The van der Waals surface area contributed by atoms with Crippen LogP contribution in [0.3, 0.4) is 0 Å². The van der Waals surface area contributed by atoms with Gasteiger partial charge in [0, 0.05) is 15.5 Å². The molecule has 0 amide bonds. The summed E-state index contributed by atoms with van der Waals surface area (Å²) in [5, 5.41) is 3.87. The Labute approximate surface area is 132 Å². The predicted octanol–water partition coefficient (Wildman–Crippen LogP) is 5.13. The van der Waals surface area contributed by atoms with Crippen LogP contribution >= 0.6 is 27.5 Å². The molecule has 0 aromatic heterocycles. The molecule has 4 heteroatoms. The first kappa shape index (κ1) is 15.5. The van der Waals surface area contributed by atoms with Crippen molar-refractivity contribution < 1.29 is 4.39 Å². The van der Waals surface area contributed by atoms with Crippen molar-refractivity contribution in [2.75, 3.05) is 6.54 Å². The van der Waals surface area contributed by atoms with Crippen LogP contribution in [0, 0.1) is 5.82 Å². The van der Waals surface area contributed by atoms with Crippen molar-refractivity contribution in [3.05, 3.63) is 68.9 Å². The maximum Gasteiger partial charge on any atom is 0.124 e. The Morgan fingerprint density at radius 1 is 1.20 bits per heavy atom. The molecule has 1 N–H and O–H groups in total. The van der Waals surface area contributed by atoms with E-state index in [1.165, 1.54) is 17.7 Å². The van der Waals surface area contributed by atoms with E-state index < -0.39 is 0 Å². The van der Waals surface area contributed by atoms with Crippen LogP contribution in [0.2, 0.25) is 5.02 Å². The van der Waals surface area contributed by atoms with Gasteiger partial charge in [-0.2, -0.15) is 0 Å². The monoisotopic (exact) mass is 355 g/mol. The molecule has 0 bridgehead atoms. The fourth-order valence-corrected chi connectivity index (χ4v) is 2.74. The van der Waals surface area contributed by atoms with E-state index >= 15 is 0 Å². The number of hydrogen-bond acceptors (Lipinski definition) is 1. The van der Waals surface area contributed by atoms with Crippen molar-refractivity contribution in [2.45, 2.75) is 19.4 Å². The second kappa shape index (κ2) is 7.21. The number of hydrogen-bond donors (Lipinski definition) is 1. The molecule has 0 aliphatic heterocycles. The highest BCUT2D eigenvalue weighted by Gasteiger charge is 2.15. The van der Waals surface area contributed by atoms with Gasteiger partial charge in [-0.25, -0.2) is 4.39 Å². The van der Waals surface area contributed by atoms with Gasteiger partial charge in [0.1, 0.15) is 5.82 Å². The minimum absolute atomic E-state index is 0.0780. The van der Waals surface area contributed by atoms with Gasteiger partial charge in [0.25, 0.3) is 0 Å². The molecule has 106 valence electrons. The molecule has 0 radical (unpaired) electrons. The number of likely N-dealkylation sites (N-methyl/N-ethyl adjacent to an activating group) is 1. The third-order valence-electron chi connectivity index (χ3n) is 3.14. The zero-order valence-electron chi connectivity index (χ0n) is 11.2. The lowest BCUT2D eigenvalue weighted by Crippen LogP contribution is -2.23. The minimum Gasteiger partial charge on any atom is -0.310 e. The molecule has 2 aromatic rings. The summed E-state index contributed by atoms with van der Waals surface area (Å²) in [7, 11) is 0. The first-order valence-electron chi connectivity index (χ1n) is 6.53. The van der Waals surface area contributed by atoms with Crippen LogP contribution in [0.1, 0.15) is 24.1 Å². The van der Waals surface area contributed by atoms with Gasteiger partial charge in [-0.1, -0.05) is 52.7 Å². The SMILES string of the molecule is CCNC(Cc1ccc(Br)cc1)c1ccc(F)cc1Cl.